The van der Waals surface area contributed by atoms with Gasteiger partial charge in [0.25, 0.3) is 0 Å². The van der Waals surface area contributed by atoms with E-state index in [4.69, 9.17) is 4.74 Å². The average molecular weight is 572 g/mol. The first kappa shape index (κ1) is 29.3. The second kappa shape index (κ2) is 12.3. The van der Waals surface area contributed by atoms with E-state index in [0.29, 0.717) is 25.9 Å². The van der Waals surface area contributed by atoms with Crippen molar-refractivity contribution < 1.29 is 29.3 Å². The number of alkyl carbamates (subject to hydrolysis) is 1. The standard InChI is InChI=1S/C33H37N3O6/c1-32(41,30(38)39)22-34-29(37)19-33(15-17-36(18-16-33)20-23-9-3-2-4-10-23)35-31(40)42-21-28-26-13-7-5-11-24(26)25-12-6-8-14-27(25)28/h2-14,28,41H,15-22H2,1H3,(H,34,37)(H,35,40)(H,38,39). The van der Waals surface area contributed by atoms with Crippen molar-refractivity contribution in [1.29, 1.82) is 0 Å². The molecule has 5 rings (SSSR count). The maximum absolute atomic E-state index is 13.3. The maximum atomic E-state index is 13.3. The van der Waals surface area contributed by atoms with Gasteiger partial charge in [0, 0.05) is 32.0 Å². The summed E-state index contributed by atoms with van der Waals surface area (Å²) in [7, 11) is 0. The summed E-state index contributed by atoms with van der Waals surface area (Å²) >= 11 is 0. The molecule has 1 aliphatic carbocycles. The Morgan fingerprint density at radius 3 is 2.10 bits per heavy atom. The number of amides is 2. The van der Waals surface area contributed by atoms with Gasteiger partial charge in [-0.1, -0.05) is 78.9 Å². The smallest absolute Gasteiger partial charge is 0.407 e. The Balaban J connectivity index is 1.25. The molecule has 0 bridgehead atoms. The van der Waals surface area contributed by atoms with Crippen molar-refractivity contribution in [2.24, 2.45) is 0 Å². The number of piperidine rings is 1. The summed E-state index contributed by atoms with van der Waals surface area (Å²) in [5, 5.41) is 24.8. The Morgan fingerprint density at radius 1 is 0.929 bits per heavy atom. The molecular weight excluding hydrogens is 534 g/mol. The molecule has 0 radical (unpaired) electrons. The van der Waals surface area contributed by atoms with Crippen LogP contribution in [0.4, 0.5) is 4.79 Å². The van der Waals surface area contributed by atoms with Gasteiger partial charge in [0.15, 0.2) is 5.60 Å². The van der Waals surface area contributed by atoms with E-state index in [2.05, 4.69) is 51.9 Å². The predicted octanol–water partition coefficient (Wildman–Crippen LogP) is 3.90. The highest BCUT2D eigenvalue weighted by atomic mass is 16.5. The SMILES string of the molecule is CC(O)(CNC(=O)CC1(NC(=O)OCC2c3ccccc3-c3ccccc32)CCN(Cc2ccccc2)CC1)C(=O)O. The quantitative estimate of drug-likeness (QED) is 0.291. The van der Waals surface area contributed by atoms with Gasteiger partial charge in [-0.2, -0.15) is 0 Å². The van der Waals surface area contributed by atoms with Gasteiger partial charge in [-0.05, 0) is 47.6 Å². The number of fused-ring (bicyclic) bond motifs is 3. The lowest BCUT2D eigenvalue weighted by Crippen LogP contribution is -2.58. The number of ether oxygens (including phenoxy) is 1. The fraction of sp³-hybridized carbons (Fsp3) is 0.364. The highest BCUT2D eigenvalue weighted by molar-refractivity contribution is 5.82. The molecular formula is C33H37N3O6. The zero-order valence-electron chi connectivity index (χ0n) is 23.7. The van der Waals surface area contributed by atoms with E-state index in [1.54, 1.807) is 0 Å². The number of hydrogen-bond acceptors (Lipinski definition) is 6. The molecule has 1 saturated heterocycles. The highest BCUT2D eigenvalue weighted by Gasteiger charge is 2.40. The number of carbonyl (C=O) groups excluding carboxylic acids is 2. The minimum absolute atomic E-state index is 0.0634. The van der Waals surface area contributed by atoms with Crippen LogP contribution in [0.1, 0.15) is 48.8 Å². The van der Waals surface area contributed by atoms with Crippen LogP contribution in [0, 0.1) is 0 Å². The number of rotatable bonds is 10. The number of carboxylic acid groups (broad SMARTS) is 1. The summed E-state index contributed by atoms with van der Waals surface area (Å²) in [6.07, 6.45) is 0.352. The van der Waals surface area contributed by atoms with E-state index in [-0.39, 0.29) is 18.9 Å². The number of aliphatic hydroxyl groups is 1. The van der Waals surface area contributed by atoms with Crippen molar-refractivity contribution in [3.8, 4) is 11.1 Å². The zero-order chi connectivity index (χ0) is 29.7. The first-order valence-electron chi connectivity index (χ1n) is 14.3. The summed E-state index contributed by atoms with van der Waals surface area (Å²) in [5.41, 5.74) is 2.71. The van der Waals surface area contributed by atoms with Crippen molar-refractivity contribution in [3.63, 3.8) is 0 Å². The second-order valence-electron chi connectivity index (χ2n) is 11.5. The number of benzene rings is 3. The molecule has 0 saturated carbocycles. The lowest BCUT2D eigenvalue weighted by molar-refractivity contribution is -0.156. The van der Waals surface area contributed by atoms with Crippen molar-refractivity contribution in [2.75, 3.05) is 26.2 Å². The fourth-order valence-corrected chi connectivity index (χ4v) is 5.89. The Kier molecular flexibility index (Phi) is 8.61. The van der Waals surface area contributed by atoms with Gasteiger partial charge in [-0.25, -0.2) is 9.59 Å². The fourth-order valence-electron chi connectivity index (χ4n) is 5.89. The third-order valence-electron chi connectivity index (χ3n) is 8.36. The van der Waals surface area contributed by atoms with E-state index >= 15 is 0 Å². The Morgan fingerprint density at radius 2 is 1.50 bits per heavy atom. The Hall–Kier alpha value is -4.21. The van der Waals surface area contributed by atoms with E-state index in [1.807, 2.05) is 42.5 Å². The number of aliphatic carboxylic acids is 1. The number of carbonyl (C=O) groups is 3. The second-order valence-corrected chi connectivity index (χ2v) is 11.5. The molecule has 3 aromatic carbocycles. The number of likely N-dealkylation sites (tertiary alicyclic amines) is 1. The molecule has 2 aliphatic rings. The van der Waals surface area contributed by atoms with Crippen LogP contribution in [0.2, 0.25) is 0 Å². The van der Waals surface area contributed by atoms with Crippen LogP contribution < -0.4 is 10.6 Å². The van der Waals surface area contributed by atoms with Gasteiger partial charge in [0.2, 0.25) is 5.91 Å². The van der Waals surface area contributed by atoms with Gasteiger partial charge < -0.3 is 25.6 Å². The van der Waals surface area contributed by atoms with Crippen LogP contribution in [0.3, 0.4) is 0 Å². The topological polar surface area (TPSA) is 128 Å². The summed E-state index contributed by atoms with van der Waals surface area (Å²) in [4.78, 5) is 39.8. The van der Waals surface area contributed by atoms with Crippen LogP contribution in [-0.4, -0.2) is 70.5 Å². The predicted molar refractivity (Wildman–Crippen MR) is 158 cm³/mol. The minimum atomic E-state index is -2.10. The van der Waals surface area contributed by atoms with Crippen molar-refractivity contribution in [1.82, 2.24) is 15.5 Å². The molecule has 1 fully saturated rings. The molecule has 2 amide bonds. The molecule has 0 aromatic heterocycles. The van der Waals surface area contributed by atoms with Gasteiger partial charge in [0.1, 0.15) is 6.61 Å². The Bertz CT molecular complexity index is 1390. The molecule has 9 nitrogen and oxygen atoms in total. The van der Waals surface area contributed by atoms with Crippen LogP contribution in [-0.2, 0) is 20.9 Å². The number of nitrogens with one attached hydrogen (secondary N) is 2. The molecule has 220 valence electrons. The van der Waals surface area contributed by atoms with E-state index in [0.717, 1.165) is 35.7 Å². The van der Waals surface area contributed by atoms with Crippen molar-refractivity contribution in [2.45, 2.75) is 49.8 Å². The zero-order valence-corrected chi connectivity index (χ0v) is 23.7. The number of hydrogen-bond donors (Lipinski definition) is 4. The third-order valence-corrected chi connectivity index (χ3v) is 8.36. The number of nitrogens with zero attached hydrogens (tertiary/aromatic N) is 1. The summed E-state index contributed by atoms with van der Waals surface area (Å²) < 4.78 is 5.80. The average Bonchev–Trinajstić information content (AvgIpc) is 3.30. The summed E-state index contributed by atoms with van der Waals surface area (Å²) in [5.74, 6) is -1.97. The van der Waals surface area contributed by atoms with Crippen LogP contribution in [0.25, 0.3) is 11.1 Å². The van der Waals surface area contributed by atoms with Crippen LogP contribution >= 0.6 is 0 Å². The van der Waals surface area contributed by atoms with Crippen LogP contribution in [0.5, 0.6) is 0 Å². The van der Waals surface area contributed by atoms with Gasteiger partial charge in [0.05, 0.1) is 12.1 Å². The first-order valence-corrected chi connectivity index (χ1v) is 14.3. The van der Waals surface area contributed by atoms with Crippen molar-refractivity contribution >= 4 is 18.0 Å². The molecule has 42 heavy (non-hydrogen) atoms. The van der Waals surface area contributed by atoms with E-state index in [9.17, 15) is 24.6 Å². The van der Waals surface area contributed by atoms with Crippen LogP contribution in [0.15, 0.2) is 78.9 Å². The Labute approximate surface area is 245 Å². The largest absolute Gasteiger partial charge is 0.479 e. The van der Waals surface area contributed by atoms with Gasteiger partial charge >= 0.3 is 12.1 Å². The van der Waals surface area contributed by atoms with E-state index < -0.39 is 35.7 Å². The molecule has 1 heterocycles. The lowest BCUT2D eigenvalue weighted by atomic mass is 9.83. The molecule has 0 spiro atoms. The molecule has 1 aliphatic heterocycles. The summed E-state index contributed by atoms with van der Waals surface area (Å²) in [6.45, 7) is 2.90. The molecule has 9 heteroatoms. The molecule has 4 N–H and O–H groups in total. The monoisotopic (exact) mass is 571 g/mol. The lowest BCUT2D eigenvalue weighted by Gasteiger charge is -2.42. The van der Waals surface area contributed by atoms with Gasteiger partial charge in [-0.15, -0.1) is 0 Å². The maximum Gasteiger partial charge on any atom is 0.407 e. The molecule has 1 atom stereocenters. The minimum Gasteiger partial charge on any atom is -0.479 e. The number of carboxylic acids is 1. The summed E-state index contributed by atoms with van der Waals surface area (Å²) in [6, 6.07) is 26.3. The molecule has 3 aromatic rings. The first-order chi connectivity index (χ1) is 20.2. The highest BCUT2D eigenvalue weighted by Crippen LogP contribution is 2.44. The molecule has 1 unspecified atom stereocenters. The van der Waals surface area contributed by atoms with E-state index in [1.165, 1.54) is 5.56 Å². The third kappa shape index (κ3) is 6.64. The van der Waals surface area contributed by atoms with Gasteiger partial charge in [-0.3, -0.25) is 9.69 Å². The van der Waals surface area contributed by atoms with Crippen molar-refractivity contribution in [3.05, 3.63) is 95.6 Å². The normalized spacial score (nSPS) is 17.4.